The molecule has 0 saturated heterocycles. The summed E-state index contributed by atoms with van der Waals surface area (Å²) in [6.07, 6.45) is 4.07. The number of nitrogens with two attached hydrogens (primary N) is 1. The van der Waals surface area contributed by atoms with Crippen molar-refractivity contribution in [1.29, 1.82) is 0 Å². The monoisotopic (exact) mass is 139 g/mol. The van der Waals surface area contributed by atoms with Crippen LogP contribution in [-0.2, 0) is 0 Å². The molecule has 2 rings (SSSR count). The van der Waals surface area contributed by atoms with Crippen molar-refractivity contribution in [3.05, 3.63) is 0 Å². The average Bonchev–Trinajstić information content (AvgIpc) is 2.21. The summed E-state index contributed by atoms with van der Waals surface area (Å²) >= 11 is 0. The Morgan fingerprint density at radius 3 is 2.30 bits per heavy atom. The summed E-state index contributed by atoms with van der Waals surface area (Å²) in [6.45, 7) is 4.78. The van der Waals surface area contributed by atoms with E-state index in [1.54, 1.807) is 0 Å². The minimum Gasteiger partial charge on any atom is -0.327 e. The van der Waals surface area contributed by atoms with Gasteiger partial charge in [-0.15, -0.1) is 0 Å². The largest absolute Gasteiger partial charge is 0.327 e. The van der Waals surface area contributed by atoms with Crippen LogP contribution in [0.5, 0.6) is 0 Å². The van der Waals surface area contributed by atoms with Crippen molar-refractivity contribution in [2.24, 2.45) is 23.0 Å². The van der Waals surface area contributed by atoms with Gasteiger partial charge in [0.15, 0.2) is 0 Å². The van der Waals surface area contributed by atoms with Gasteiger partial charge in [-0.1, -0.05) is 13.8 Å². The summed E-state index contributed by atoms with van der Waals surface area (Å²) in [5.41, 5.74) is 6.55. The molecule has 0 aliphatic heterocycles. The second-order valence-electron chi connectivity index (χ2n) is 4.78. The second kappa shape index (κ2) is 1.76. The van der Waals surface area contributed by atoms with Gasteiger partial charge in [-0.25, -0.2) is 0 Å². The molecule has 2 aliphatic rings. The number of rotatable bonds is 0. The van der Waals surface area contributed by atoms with E-state index in [2.05, 4.69) is 13.8 Å². The van der Waals surface area contributed by atoms with E-state index in [9.17, 15) is 0 Å². The highest BCUT2D eigenvalue weighted by atomic mass is 14.7. The first-order chi connectivity index (χ1) is 4.59. The summed E-state index contributed by atoms with van der Waals surface area (Å²) in [6, 6.07) is 0.540. The smallest absolute Gasteiger partial charge is 0.00703 e. The molecule has 1 heteroatoms. The van der Waals surface area contributed by atoms with Gasteiger partial charge in [0.2, 0.25) is 0 Å². The van der Waals surface area contributed by atoms with Crippen LogP contribution in [0, 0.1) is 17.3 Å². The minimum absolute atomic E-state index is 0.540. The van der Waals surface area contributed by atoms with Gasteiger partial charge in [0.25, 0.3) is 0 Å². The molecular formula is C9H17N. The third-order valence-corrected chi connectivity index (χ3v) is 3.64. The van der Waals surface area contributed by atoms with Crippen LogP contribution in [0.15, 0.2) is 0 Å². The predicted molar refractivity (Wildman–Crippen MR) is 42.6 cm³/mol. The number of hydrogen-bond acceptors (Lipinski definition) is 1. The second-order valence-corrected chi connectivity index (χ2v) is 4.78. The van der Waals surface area contributed by atoms with Crippen LogP contribution in [0.4, 0.5) is 0 Å². The van der Waals surface area contributed by atoms with Crippen molar-refractivity contribution in [3.8, 4) is 0 Å². The Morgan fingerprint density at radius 2 is 2.00 bits per heavy atom. The fraction of sp³-hybridized carbons (Fsp3) is 1.00. The third-order valence-electron chi connectivity index (χ3n) is 3.64. The number of fused-ring (bicyclic) bond motifs is 2. The highest BCUT2D eigenvalue weighted by molar-refractivity contribution is 5.01. The van der Waals surface area contributed by atoms with Crippen LogP contribution in [0.3, 0.4) is 0 Å². The molecule has 1 nitrogen and oxygen atoms in total. The predicted octanol–water partition coefficient (Wildman–Crippen LogP) is 1.77. The minimum atomic E-state index is 0.540. The SMILES string of the molecule is CC1(C)C[C@@H]2C[C@H]1CC2N. The quantitative estimate of drug-likeness (QED) is 0.544. The Kier molecular flexibility index (Phi) is 1.17. The van der Waals surface area contributed by atoms with Crippen molar-refractivity contribution in [2.45, 2.75) is 39.2 Å². The Labute approximate surface area is 63.0 Å². The summed E-state index contributed by atoms with van der Waals surface area (Å²) in [5, 5.41) is 0. The van der Waals surface area contributed by atoms with Gasteiger partial charge in [-0.2, -0.15) is 0 Å². The van der Waals surface area contributed by atoms with Gasteiger partial charge in [0.1, 0.15) is 0 Å². The molecule has 0 spiro atoms. The molecule has 2 aliphatic carbocycles. The van der Waals surface area contributed by atoms with Crippen LogP contribution >= 0.6 is 0 Å². The van der Waals surface area contributed by atoms with E-state index < -0.39 is 0 Å². The number of hydrogen-bond donors (Lipinski definition) is 1. The van der Waals surface area contributed by atoms with Crippen molar-refractivity contribution >= 4 is 0 Å². The maximum absolute atomic E-state index is 5.94. The zero-order chi connectivity index (χ0) is 7.35. The van der Waals surface area contributed by atoms with Crippen LogP contribution in [-0.4, -0.2) is 6.04 Å². The maximum Gasteiger partial charge on any atom is 0.00703 e. The molecule has 2 fully saturated rings. The molecule has 2 saturated carbocycles. The molecule has 10 heavy (non-hydrogen) atoms. The van der Waals surface area contributed by atoms with Gasteiger partial charge in [0.05, 0.1) is 0 Å². The molecule has 0 radical (unpaired) electrons. The van der Waals surface area contributed by atoms with Gasteiger partial charge < -0.3 is 5.73 Å². The molecule has 2 bridgehead atoms. The molecule has 1 unspecified atom stereocenters. The molecule has 58 valence electrons. The van der Waals surface area contributed by atoms with E-state index in [1.807, 2.05) is 0 Å². The Bertz CT molecular complexity index is 149. The topological polar surface area (TPSA) is 26.0 Å². The van der Waals surface area contributed by atoms with Crippen molar-refractivity contribution in [3.63, 3.8) is 0 Å². The lowest BCUT2D eigenvalue weighted by molar-refractivity contribution is 0.202. The van der Waals surface area contributed by atoms with Gasteiger partial charge in [-0.3, -0.25) is 0 Å². The van der Waals surface area contributed by atoms with Gasteiger partial charge >= 0.3 is 0 Å². The fourth-order valence-electron chi connectivity index (χ4n) is 2.87. The first-order valence-corrected chi connectivity index (χ1v) is 4.35. The molecule has 0 heterocycles. The van der Waals surface area contributed by atoms with Crippen molar-refractivity contribution in [2.75, 3.05) is 0 Å². The van der Waals surface area contributed by atoms with Crippen LogP contribution in [0.1, 0.15) is 33.1 Å². The highest BCUT2D eigenvalue weighted by Crippen LogP contribution is 2.54. The van der Waals surface area contributed by atoms with E-state index in [0.29, 0.717) is 11.5 Å². The summed E-state index contributed by atoms with van der Waals surface area (Å²) < 4.78 is 0. The van der Waals surface area contributed by atoms with Crippen LogP contribution in [0.2, 0.25) is 0 Å². The summed E-state index contributed by atoms with van der Waals surface area (Å²) in [7, 11) is 0. The normalized spacial score (nSPS) is 50.1. The van der Waals surface area contributed by atoms with E-state index >= 15 is 0 Å². The summed E-state index contributed by atoms with van der Waals surface area (Å²) in [5.74, 6) is 1.80. The van der Waals surface area contributed by atoms with Crippen molar-refractivity contribution < 1.29 is 0 Å². The van der Waals surface area contributed by atoms with E-state index in [-0.39, 0.29) is 0 Å². The Balaban J connectivity index is 2.16. The van der Waals surface area contributed by atoms with Crippen molar-refractivity contribution in [1.82, 2.24) is 0 Å². The van der Waals surface area contributed by atoms with Crippen LogP contribution < -0.4 is 5.73 Å². The maximum atomic E-state index is 5.94. The van der Waals surface area contributed by atoms with E-state index in [0.717, 1.165) is 11.8 Å². The van der Waals surface area contributed by atoms with E-state index in [1.165, 1.54) is 19.3 Å². The molecular weight excluding hydrogens is 122 g/mol. The fourth-order valence-corrected chi connectivity index (χ4v) is 2.87. The standard InChI is InChI=1S/C9H17N/c1-9(2)5-6-3-7(9)4-8(6)10/h6-8H,3-5,10H2,1-2H3/t6-,7-,8?/m0/s1. The zero-order valence-electron chi connectivity index (χ0n) is 6.93. The molecule has 0 aromatic rings. The lowest BCUT2D eigenvalue weighted by atomic mass is 9.75. The summed E-state index contributed by atoms with van der Waals surface area (Å²) in [4.78, 5) is 0. The Morgan fingerprint density at radius 1 is 1.30 bits per heavy atom. The van der Waals surface area contributed by atoms with Gasteiger partial charge in [-0.05, 0) is 36.5 Å². The first-order valence-electron chi connectivity index (χ1n) is 4.35. The zero-order valence-corrected chi connectivity index (χ0v) is 6.93. The molecule has 2 N–H and O–H groups in total. The molecule has 0 amide bonds. The lowest BCUT2D eigenvalue weighted by Crippen LogP contribution is -2.33. The lowest BCUT2D eigenvalue weighted by Gasteiger charge is -2.32. The van der Waals surface area contributed by atoms with Crippen LogP contribution in [0.25, 0.3) is 0 Å². The average molecular weight is 139 g/mol. The van der Waals surface area contributed by atoms with E-state index in [4.69, 9.17) is 5.73 Å². The highest BCUT2D eigenvalue weighted by Gasteiger charge is 2.48. The van der Waals surface area contributed by atoms with Gasteiger partial charge in [0, 0.05) is 6.04 Å². The molecule has 0 aromatic heterocycles. The molecule has 0 aromatic carbocycles. The third kappa shape index (κ3) is 0.731. The molecule has 3 atom stereocenters. The first kappa shape index (κ1) is 6.66. The Hall–Kier alpha value is -0.0400.